The highest BCUT2D eigenvalue weighted by atomic mass is 16.5. The number of aromatic nitrogens is 2. The molecule has 1 aromatic heterocycles. The largest absolute Gasteiger partial charge is 0.381 e. The van der Waals surface area contributed by atoms with Crippen LogP contribution in [0.1, 0.15) is 43.6 Å². The molecule has 1 N–H and O–H groups in total. The molecule has 2 aliphatic rings. The van der Waals surface area contributed by atoms with Gasteiger partial charge in [-0.1, -0.05) is 0 Å². The standard InChI is InChI=1S/C19H29N5O3/c1-3-23(4-2)19(26)17-11-14(13-24(17)15-5-9-27-10-6-15)22-18(25)16-12-20-7-8-21-16/h7-8,12,14-15,17H,3-6,9-11,13H2,1-2H3,(H,22,25)/t14-,17+/m1/s1. The lowest BCUT2D eigenvalue weighted by Crippen LogP contribution is -2.50. The maximum absolute atomic E-state index is 13.1. The van der Waals surface area contributed by atoms with Gasteiger partial charge in [-0.15, -0.1) is 0 Å². The Morgan fingerprint density at radius 3 is 2.63 bits per heavy atom. The predicted molar refractivity (Wildman–Crippen MR) is 100 cm³/mol. The first-order valence-corrected chi connectivity index (χ1v) is 9.83. The molecule has 2 amide bonds. The number of hydrogen-bond donors (Lipinski definition) is 1. The molecule has 3 rings (SSSR count). The Morgan fingerprint density at radius 2 is 2.00 bits per heavy atom. The van der Waals surface area contributed by atoms with Gasteiger partial charge in [-0.05, 0) is 33.1 Å². The second kappa shape index (κ2) is 9.23. The van der Waals surface area contributed by atoms with Gasteiger partial charge in [0.1, 0.15) is 5.69 Å². The Bertz CT molecular complexity index is 631. The smallest absolute Gasteiger partial charge is 0.271 e. The van der Waals surface area contributed by atoms with E-state index in [9.17, 15) is 9.59 Å². The molecule has 148 valence electrons. The number of ether oxygens (including phenoxy) is 1. The Hall–Kier alpha value is -2.06. The zero-order valence-electron chi connectivity index (χ0n) is 16.1. The van der Waals surface area contributed by atoms with Crippen molar-refractivity contribution in [1.82, 2.24) is 25.1 Å². The maximum atomic E-state index is 13.1. The Balaban J connectivity index is 1.72. The number of nitrogens with zero attached hydrogens (tertiary/aromatic N) is 4. The maximum Gasteiger partial charge on any atom is 0.271 e. The summed E-state index contributed by atoms with van der Waals surface area (Å²) in [5.41, 5.74) is 0.300. The molecule has 0 saturated carbocycles. The van der Waals surface area contributed by atoms with Crippen molar-refractivity contribution in [2.45, 2.75) is 51.2 Å². The minimum absolute atomic E-state index is 0.0770. The SMILES string of the molecule is CCN(CC)C(=O)[C@@H]1C[C@@H](NC(=O)c2cnccn2)CN1C1CCOCC1. The van der Waals surface area contributed by atoms with Crippen LogP contribution < -0.4 is 5.32 Å². The summed E-state index contributed by atoms with van der Waals surface area (Å²) in [6, 6.07) is 0.0497. The van der Waals surface area contributed by atoms with E-state index in [1.54, 1.807) is 0 Å². The van der Waals surface area contributed by atoms with E-state index in [-0.39, 0.29) is 23.9 Å². The summed E-state index contributed by atoms with van der Waals surface area (Å²) >= 11 is 0. The number of nitrogens with one attached hydrogen (secondary N) is 1. The predicted octanol–water partition coefficient (Wildman–Crippen LogP) is 0.697. The number of likely N-dealkylation sites (tertiary alicyclic amines) is 1. The molecule has 3 heterocycles. The first-order chi connectivity index (χ1) is 13.1. The molecule has 2 saturated heterocycles. The van der Waals surface area contributed by atoms with Gasteiger partial charge in [-0.25, -0.2) is 4.98 Å². The van der Waals surface area contributed by atoms with E-state index in [1.807, 2.05) is 18.7 Å². The van der Waals surface area contributed by atoms with Gasteiger partial charge in [0.2, 0.25) is 5.91 Å². The molecule has 1 aromatic rings. The molecule has 0 radical (unpaired) electrons. The average molecular weight is 375 g/mol. The first kappa shape index (κ1) is 19.7. The second-order valence-electron chi connectivity index (χ2n) is 7.06. The van der Waals surface area contributed by atoms with E-state index in [0.29, 0.717) is 37.8 Å². The van der Waals surface area contributed by atoms with Crippen LogP contribution in [-0.2, 0) is 9.53 Å². The number of carbonyl (C=O) groups is 2. The van der Waals surface area contributed by atoms with Crippen molar-refractivity contribution in [3.63, 3.8) is 0 Å². The lowest BCUT2D eigenvalue weighted by molar-refractivity contribution is -0.137. The van der Waals surface area contributed by atoms with Gasteiger partial charge in [0.25, 0.3) is 5.91 Å². The number of likely N-dealkylation sites (N-methyl/N-ethyl adjacent to an activating group) is 1. The third kappa shape index (κ3) is 4.62. The zero-order valence-corrected chi connectivity index (χ0v) is 16.1. The average Bonchev–Trinajstić information content (AvgIpc) is 3.14. The molecule has 2 atom stereocenters. The normalized spacial score (nSPS) is 23.9. The lowest BCUT2D eigenvalue weighted by Gasteiger charge is -2.36. The fourth-order valence-electron chi connectivity index (χ4n) is 4.05. The van der Waals surface area contributed by atoms with Crippen molar-refractivity contribution in [1.29, 1.82) is 0 Å². The molecule has 8 nitrogen and oxygen atoms in total. The lowest BCUT2D eigenvalue weighted by atomic mass is 10.1. The molecule has 0 bridgehead atoms. The van der Waals surface area contributed by atoms with Crippen molar-refractivity contribution in [3.8, 4) is 0 Å². The summed E-state index contributed by atoms with van der Waals surface area (Å²) in [7, 11) is 0. The van der Waals surface area contributed by atoms with Crippen LogP contribution in [0.15, 0.2) is 18.6 Å². The summed E-state index contributed by atoms with van der Waals surface area (Å²) in [6.45, 7) is 7.53. The van der Waals surface area contributed by atoms with Crippen LogP contribution in [0.2, 0.25) is 0 Å². The quantitative estimate of drug-likeness (QED) is 0.787. The van der Waals surface area contributed by atoms with E-state index in [2.05, 4.69) is 20.2 Å². The Morgan fingerprint density at radius 1 is 1.26 bits per heavy atom. The molecule has 8 heteroatoms. The molecular weight excluding hydrogens is 346 g/mol. The fourth-order valence-corrected chi connectivity index (χ4v) is 4.05. The summed E-state index contributed by atoms with van der Waals surface area (Å²) in [5, 5.41) is 3.04. The Labute approximate surface area is 160 Å². The molecule has 0 aliphatic carbocycles. The van der Waals surface area contributed by atoms with E-state index >= 15 is 0 Å². The van der Waals surface area contributed by atoms with Crippen LogP contribution in [-0.4, -0.2) is 82.6 Å². The minimum Gasteiger partial charge on any atom is -0.381 e. The molecule has 27 heavy (non-hydrogen) atoms. The first-order valence-electron chi connectivity index (χ1n) is 9.83. The highest BCUT2D eigenvalue weighted by Crippen LogP contribution is 2.27. The molecule has 0 aromatic carbocycles. The number of hydrogen-bond acceptors (Lipinski definition) is 6. The van der Waals surface area contributed by atoms with Crippen molar-refractivity contribution in [2.24, 2.45) is 0 Å². The van der Waals surface area contributed by atoms with Crippen LogP contribution >= 0.6 is 0 Å². The summed E-state index contributed by atoms with van der Waals surface area (Å²) in [6.07, 6.45) is 6.97. The molecule has 0 spiro atoms. The summed E-state index contributed by atoms with van der Waals surface area (Å²) in [4.78, 5) is 37.7. The van der Waals surface area contributed by atoms with E-state index in [0.717, 1.165) is 26.1 Å². The van der Waals surface area contributed by atoms with Crippen molar-refractivity contribution in [2.75, 3.05) is 32.8 Å². The third-order valence-electron chi connectivity index (χ3n) is 5.49. The second-order valence-corrected chi connectivity index (χ2v) is 7.06. The van der Waals surface area contributed by atoms with Crippen molar-refractivity contribution < 1.29 is 14.3 Å². The molecule has 2 fully saturated rings. The number of amides is 2. The van der Waals surface area contributed by atoms with Crippen LogP contribution in [0.25, 0.3) is 0 Å². The van der Waals surface area contributed by atoms with Gasteiger partial charge in [0.05, 0.1) is 12.2 Å². The highest BCUT2D eigenvalue weighted by molar-refractivity contribution is 5.92. The van der Waals surface area contributed by atoms with E-state index in [1.165, 1.54) is 18.6 Å². The summed E-state index contributed by atoms with van der Waals surface area (Å²) in [5.74, 6) is -0.0845. The highest BCUT2D eigenvalue weighted by Gasteiger charge is 2.42. The van der Waals surface area contributed by atoms with E-state index in [4.69, 9.17) is 4.74 Å². The Kier molecular flexibility index (Phi) is 6.73. The monoisotopic (exact) mass is 375 g/mol. The van der Waals surface area contributed by atoms with Crippen LogP contribution in [0.4, 0.5) is 0 Å². The summed E-state index contributed by atoms with van der Waals surface area (Å²) < 4.78 is 5.49. The van der Waals surface area contributed by atoms with E-state index < -0.39 is 0 Å². The van der Waals surface area contributed by atoms with Crippen LogP contribution in [0, 0.1) is 0 Å². The molecule has 2 aliphatic heterocycles. The van der Waals surface area contributed by atoms with Crippen molar-refractivity contribution in [3.05, 3.63) is 24.3 Å². The van der Waals surface area contributed by atoms with Gasteiger partial charge in [-0.3, -0.25) is 19.5 Å². The third-order valence-corrected chi connectivity index (χ3v) is 5.49. The van der Waals surface area contributed by atoms with Gasteiger partial charge in [-0.2, -0.15) is 0 Å². The zero-order chi connectivity index (χ0) is 19.2. The number of carbonyl (C=O) groups excluding carboxylic acids is 2. The topological polar surface area (TPSA) is 87.7 Å². The van der Waals surface area contributed by atoms with Gasteiger partial charge >= 0.3 is 0 Å². The molecule has 0 unspecified atom stereocenters. The minimum atomic E-state index is -0.240. The van der Waals surface area contributed by atoms with Gasteiger partial charge < -0.3 is 15.0 Å². The molecular formula is C19H29N5O3. The van der Waals surface area contributed by atoms with Crippen LogP contribution in [0.5, 0.6) is 0 Å². The van der Waals surface area contributed by atoms with Gasteiger partial charge in [0, 0.05) is 57.3 Å². The van der Waals surface area contributed by atoms with Crippen LogP contribution in [0.3, 0.4) is 0 Å². The number of rotatable bonds is 6. The van der Waals surface area contributed by atoms with Crippen molar-refractivity contribution >= 4 is 11.8 Å². The van der Waals surface area contributed by atoms with Gasteiger partial charge in [0.15, 0.2) is 0 Å². The fraction of sp³-hybridized carbons (Fsp3) is 0.684.